The van der Waals surface area contributed by atoms with Crippen molar-refractivity contribution in [2.24, 2.45) is 0 Å². The highest BCUT2D eigenvalue weighted by Crippen LogP contribution is 2.26. The van der Waals surface area contributed by atoms with Gasteiger partial charge in [0.25, 0.3) is 10.0 Å². The molecule has 2 amide bonds. The monoisotopic (exact) mass is 583 g/mol. The van der Waals surface area contributed by atoms with Crippen LogP contribution in [0.4, 0.5) is 5.69 Å². The van der Waals surface area contributed by atoms with E-state index in [-0.39, 0.29) is 23.4 Å². The first-order valence-corrected chi connectivity index (χ1v) is 15.3. The molecular weight excluding hydrogens is 546 g/mol. The summed E-state index contributed by atoms with van der Waals surface area (Å²) in [6, 6.07) is 19.7. The van der Waals surface area contributed by atoms with Crippen LogP contribution in [0.15, 0.2) is 77.7 Å². The fourth-order valence-electron chi connectivity index (χ4n) is 4.41. The van der Waals surface area contributed by atoms with Crippen LogP contribution in [0, 0.1) is 13.8 Å². The Kier molecular flexibility index (Phi) is 10.8. The maximum absolute atomic E-state index is 14.1. The average Bonchev–Trinajstić information content (AvgIpc) is 2.91. The number of hydrogen-bond acceptors (Lipinski definition) is 4. The molecule has 0 radical (unpaired) electrons. The van der Waals surface area contributed by atoms with Crippen molar-refractivity contribution in [1.29, 1.82) is 0 Å². The zero-order valence-electron chi connectivity index (χ0n) is 23.7. The van der Waals surface area contributed by atoms with E-state index in [1.807, 2.05) is 65.0 Å². The molecule has 0 saturated carbocycles. The quantitative estimate of drug-likeness (QED) is 0.289. The number of nitrogens with zero attached hydrogens (tertiary/aromatic N) is 2. The molecule has 3 rings (SSSR count). The number of carbonyl (C=O) groups excluding carboxylic acids is 2. The van der Waals surface area contributed by atoms with Crippen molar-refractivity contribution in [3.8, 4) is 0 Å². The van der Waals surface area contributed by atoms with Crippen LogP contribution in [0.3, 0.4) is 0 Å². The summed E-state index contributed by atoms with van der Waals surface area (Å²) < 4.78 is 28.9. The van der Waals surface area contributed by atoms with E-state index >= 15 is 0 Å². The lowest BCUT2D eigenvalue weighted by Gasteiger charge is -2.34. The minimum absolute atomic E-state index is 0.0120. The van der Waals surface area contributed by atoms with E-state index in [4.69, 9.17) is 11.6 Å². The molecular formula is C31H38ClN3O4S. The first kappa shape index (κ1) is 31.2. The summed E-state index contributed by atoms with van der Waals surface area (Å²) in [5.41, 5.74) is 3.08. The van der Waals surface area contributed by atoms with Gasteiger partial charge in [-0.25, -0.2) is 8.42 Å². The van der Waals surface area contributed by atoms with Gasteiger partial charge >= 0.3 is 0 Å². The van der Waals surface area contributed by atoms with Crippen LogP contribution in [0.5, 0.6) is 0 Å². The second-order valence-electron chi connectivity index (χ2n) is 10.1. The summed E-state index contributed by atoms with van der Waals surface area (Å²) in [4.78, 5) is 29.0. The molecule has 0 aromatic heterocycles. The fourth-order valence-corrected chi connectivity index (χ4v) is 5.95. The van der Waals surface area contributed by atoms with Gasteiger partial charge in [0.2, 0.25) is 11.8 Å². The van der Waals surface area contributed by atoms with Crippen LogP contribution in [0.25, 0.3) is 0 Å². The Bertz CT molecular complexity index is 1430. The third-order valence-electron chi connectivity index (χ3n) is 6.79. The molecule has 0 heterocycles. The molecule has 2 unspecified atom stereocenters. The van der Waals surface area contributed by atoms with E-state index in [2.05, 4.69) is 5.32 Å². The normalized spacial score (nSPS) is 12.8. The molecule has 9 heteroatoms. The van der Waals surface area contributed by atoms with Crippen molar-refractivity contribution < 1.29 is 18.0 Å². The minimum atomic E-state index is -4.14. The van der Waals surface area contributed by atoms with Crippen LogP contribution in [-0.2, 0) is 26.2 Å². The van der Waals surface area contributed by atoms with Crippen LogP contribution in [-0.4, -0.2) is 43.8 Å². The van der Waals surface area contributed by atoms with E-state index < -0.39 is 28.5 Å². The molecule has 0 bridgehead atoms. The van der Waals surface area contributed by atoms with Crippen molar-refractivity contribution >= 4 is 39.1 Å². The van der Waals surface area contributed by atoms with Gasteiger partial charge in [0.1, 0.15) is 12.6 Å². The lowest BCUT2D eigenvalue weighted by atomic mass is 10.1. The largest absolute Gasteiger partial charge is 0.352 e. The molecule has 0 aliphatic heterocycles. The van der Waals surface area contributed by atoms with Gasteiger partial charge in [0.15, 0.2) is 0 Å². The van der Waals surface area contributed by atoms with Gasteiger partial charge in [-0.3, -0.25) is 13.9 Å². The number of anilines is 1. The number of sulfonamides is 1. The number of benzene rings is 3. The van der Waals surface area contributed by atoms with Crippen molar-refractivity contribution in [2.75, 3.05) is 10.8 Å². The Labute approximate surface area is 243 Å². The lowest BCUT2D eigenvalue weighted by molar-refractivity contribution is -0.140. The Morgan fingerprint density at radius 2 is 1.52 bits per heavy atom. The second-order valence-corrected chi connectivity index (χ2v) is 12.4. The van der Waals surface area contributed by atoms with Gasteiger partial charge in [-0.2, -0.15) is 0 Å². The Morgan fingerprint density at radius 3 is 2.10 bits per heavy atom. The number of nitrogens with one attached hydrogen (secondary N) is 1. The first-order valence-electron chi connectivity index (χ1n) is 13.5. The van der Waals surface area contributed by atoms with E-state index in [1.165, 1.54) is 29.2 Å². The lowest BCUT2D eigenvalue weighted by Crippen LogP contribution is -2.53. The number of carbonyl (C=O) groups is 2. The molecule has 0 saturated heterocycles. The van der Waals surface area contributed by atoms with Crippen molar-refractivity contribution in [3.63, 3.8) is 0 Å². The zero-order chi connectivity index (χ0) is 29.4. The molecule has 3 aromatic carbocycles. The summed E-state index contributed by atoms with van der Waals surface area (Å²) in [5, 5.41) is 3.39. The molecule has 2 atom stereocenters. The first-order chi connectivity index (χ1) is 19.0. The summed E-state index contributed by atoms with van der Waals surface area (Å²) in [7, 11) is -4.14. The van der Waals surface area contributed by atoms with Gasteiger partial charge in [0, 0.05) is 17.6 Å². The highest BCUT2D eigenvalue weighted by molar-refractivity contribution is 7.92. The smallest absolute Gasteiger partial charge is 0.264 e. The van der Waals surface area contributed by atoms with Crippen molar-refractivity contribution in [2.45, 2.75) is 71.0 Å². The molecule has 0 aliphatic rings. The van der Waals surface area contributed by atoms with E-state index in [0.29, 0.717) is 17.1 Å². The molecule has 0 fully saturated rings. The number of hydrogen-bond donors (Lipinski definition) is 1. The summed E-state index contributed by atoms with van der Waals surface area (Å²) in [5.74, 6) is -0.743. The molecule has 214 valence electrons. The van der Waals surface area contributed by atoms with Crippen LogP contribution < -0.4 is 9.62 Å². The number of aryl methyl sites for hydroxylation is 2. The van der Waals surface area contributed by atoms with Gasteiger partial charge in [-0.05, 0) is 81.1 Å². The summed E-state index contributed by atoms with van der Waals surface area (Å²) >= 11 is 6.01. The van der Waals surface area contributed by atoms with E-state index in [9.17, 15) is 18.0 Å². The predicted octanol–water partition coefficient (Wildman–Crippen LogP) is 5.87. The Balaban J connectivity index is 2.06. The average molecular weight is 584 g/mol. The highest BCUT2D eigenvalue weighted by atomic mass is 35.5. The third kappa shape index (κ3) is 7.86. The molecule has 1 N–H and O–H groups in total. The SMILES string of the molecule is CCC(C)NC(=O)C(CC)N(Cc1cccc(C)c1)C(=O)CN(c1cccc(C)c1)S(=O)(=O)c1ccc(Cl)cc1. The maximum Gasteiger partial charge on any atom is 0.264 e. The van der Waals surface area contributed by atoms with E-state index in [1.54, 1.807) is 18.2 Å². The molecule has 3 aromatic rings. The number of amides is 2. The van der Waals surface area contributed by atoms with Gasteiger partial charge in [-0.1, -0.05) is 67.4 Å². The topological polar surface area (TPSA) is 86.8 Å². The minimum Gasteiger partial charge on any atom is -0.352 e. The van der Waals surface area contributed by atoms with Crippen LogP contribution in [0.1, 0.15) is 50.3 Å². The van der Waals surface area contributed by atoms with Crippen LogP contribution in [0.2, 0.25) is 5.02 Å². The fraction of sp³-hybridized carbons (Fsp3) is 0.355. The van der Waals surface area contributed by atoms with Gasteiger partial charge in [-0.15, -0.1) is 0 Å². The molecule has 40 heavy (non-hydrogen) atoms. The second kappa shape index (κ2) is 13.8. The maximum atomic E-state index is 14.1. The van der Waals surface area contributed by atoms with Crippen molar-refractivity contribution in [3.05, 3.63) is 94.5 Å². The highest BCUT2D eigenvalue weighted by Gasteiger charge is 2.34. The molecule has 0 aliphatic carbocycles. The van der Waals surface area contributed by atoms with Gasteiger partial charge < -0.3 is 10.2 Å². The van der Waals surface area contributed by atoms with Crippen LogP contribution >= 0.6 is 11.6 Å². The number of rotatable bonds is 12. The Hall–Kier alpha value is -3.36. The van der Waals surface area contributed by atoms with Crippen molar-refractivity contribution in [1.82, 2.24) is 10.2 Å². The van der Waals surface area contributed by atoms with Gasteiger partial charge in [0.05, 0.1) is 10.6 Å². The summed E-state index contributed by atoms with van der Waals surface area (Å²) in [6.45, 7) is 9.23. The Morgan fingerprint density at radius 1 is 0.900 bits per heavy atom. The zero-order valence-corrected chi connectivity index (χ0v) is 25.3. The number of halogens is 1. The molecule has 0 spiro atoms. The third-order valence-corrected chi connectivity index (χ3v) is 8.83. The summed E-state index contributed by atoms with van der Waals surface area (Å²) in [6.07, 6.45) is 1.11. The predicted molar refractivity (Wildman–Crippen MR) is 161 cm³/mol. The van der Waals surface area contributed by atoms with E-state index in [0.717, 1.165) is 27.4 Å². The molecule has 7 nitrogen and oxygen atoms in total. The standard InChI is InChI=1S/C31H38ClN3O4S/c1-6-24(5)33-31(37)29(7-2)34(20-25-12-8-10-22(3)18-25)30(36)21-35(27-13-9-11-23(4)19-27)40(38,39)28-16-14-26(32)15-17-28/h8-19,24,29H,6-7,20-21H2,1-5H3,(H,33,37).